The van der Waals surface area contributed by atoms with E-state index in [1.54, 1.807) is 0 Å². The van der Waals surface area contributed by atoms with E-state index >= 15 is 0 Å². The van der Waals surface area contributed by atoms with Gasteiger partial charge in [0.2, 0.25) is 0 Å². The van der Waals surface area contributed by atoms with Crippen LogP contribution >= 0.6 is 0 Å². The molecule has 1 aliphatic rings. The van der Waals surface area contributed by atoms with Gasteiger partial charge in [0.25, 0.3) is 0 Å². The van der Waals surface area contributed by atoms with Crippen LogP contribution in [0.25, 0.3) is 0 Å². The maximum atomic E-state index is 11.9. The fraction of sp³-hybridized carbons (Fsp3) is 0.929. The molecule has 112 valence electrons. The number of amides is 1. The number of carbonyl (C=O) groups excluding carboxylic acids is 1. The molecule has 0 aromatic carbocycles. The fourth-order valence-electron chi connectivity index (χ4n) is 1.93. The predicted octanol–water partition coefficient (Wildman–Crippen LogP) is 2.06. The second-order valence-corrected chi connectivity index (χ2v) is 6.23. The average Bonchev–Trinajstić information content (AvgIpc) is 2.22. The van der Waals surface area contributed by atoms with E-state index in [4.69, 9.17) is 9.47 Å². The topological polar surface area (TPSA) is 59.6 Å². The van der Waals surface area contributed by atoms with Crippen molar-refractivity contribution >= 4 is 6.09 Å². The summed E-state index contributed by atoms with van der Waals surface area (Å²) in [5.41, 5.74) is -0.718. The van der Waals surface area contributed by atoms with Crippen LogP contribution in [0.1, 0.15) is 47.5 Å². The molecular weight excluding hydrogens is 244 g/mol. The Morgan fingerprint density at radius 1 is 1.26 bits per heavy atom. The lowest BCUT2D eigenvalue weighted by Crippen LogP contribution is -2.59. The number of nitrogens with one attached hydrogen (secondary N) is 2. The molecule has 5 heteroatoms. The van der Waals surface area contributed by atoms with Gasteiger partial charge in [0, 0.05) is 6.54 Å². The third-order valence-electron chi connectivity index (χ3n) is 3.49. The second-order valence-electron chi connectivity index (χ2n) is 6.23. The molecule has 0 saturated carbocycles. The lowest BCUT2D eigenvalue weighted by molar-refractivity contribution is -0.00891. The van der Waals surface area contributed by atoms with Gasteiger partial charge in [-0.25, -0.2) is 4.79 Å². The standard InChI is InChI=1S/C14H28N2O3/c1-6-14(7-2,10-15-11-8-18-9-11)16-12(17)19-13(3,4)5/h11,15H,6-10H2,1-5H3,(H,16,17). The molecule has 1 heterocycles. The lowest BCUT2D eigenvalue weighted by atomic mass is 9.92. The summed E-state index contributed by atoms with van der Waals surface area (Å²) in [6.45, 7) is 12.0. The summed E-state index contributed by atoms with van der Waals surface area (Å²) in [6.07, 6.45) is 1.38. The number of ether oxygens (including phenoxy) is 2. The Morgan fingerprint density at radius 3 is 2.21 bits per heavy atom. The molecule has 1 rings (SSSR count). The molecule has 19 heavy (non-hydrogen) atoms. The largest absolute Gasteiger partial charge is 0.444 e. The van der Waals surface area contributed by atoms with E-state index in [9.17, 15) is 4.79 Å². The zero-order valence-electron chi connectivity index (χ0n) is 12.8. The first-order valence-corrected chi connectivity index (χ1v) is 7.12. The van der Waals surface area contributed by atoms with Gasteiger partial charge < -0.3 is 20.1 Å². The first kappa shape index (κ1) is 16.2. The van der Waals surface area contributed by atoms with Crippen LogP contribution in [0.4, 0.5) is 4.79 Å². The molecular formula is C14H28N2O3. The molecule has 0 atom stereocenters. The summed E-state index contributed by atoms with van der Waals surface area (Å²) >= 11 is 0. The van der Waals surface area contributed by atoms with Crippen molar-refractivity contribution in [1.29, 1.82) is 0 Å². The molecule has 1 saturated heterocycles. The van der Waals surface area contributed by atoms with E-state index in [0.29, 0.717) is 6.04 Å². The van der Waals surface area contributed by atoms with Gasteiger partial charge in [-0.2, -0.15) is 0 Å². The molecule has 0 aromatic heterocycles. The number of hydrogen-bond acceptors (Lipinski definition) is 4. The van der Waals surface area contributed by atoms with Crippen molar-refractivity contribution in [2.24, 2.45) is 0 Å². The van der Waals surface area contributed by atoms with E-state index in [2.05, 4.69) is 24.5 Å². The third-order valence-corrected chi connectivity index (χ3v) is 3.49. The van der Waals surface area contributed by atoms with Gasteiger partial charge in [0.1, 0.15) is 5.60 Å². The molecule has 5 nitrogen and oxygen atoms in total. The number of alkyl carbamates (subject to hydrolysis) is 1. The van der Waals surface area contributed by atoms with Crippen LogP contribution in [0.3, 0.4) is 0 Å². The fourth-order valence-corrected chi connectivity index (χ4v) is 1.93. The minimum absolute atomic E-state index is 0.252. The van der Waals surface area contributed by atoms with Crippen LogP contribution in [0.15, 0.2) is 0 Å². The predicted molar refractivity (Wildman–Crippen MR) is 75.3 cm³/mol. The number of carbonyl (C=O) groups is 1. The zero-order valence-corrected chi connectivity index (χ0v) is 12.8. The van der Waals surface area contributed by atoms with Crippen molar-refractivity contribution in [1.82, 2.24) is 10.6 Å². The smallest absolute Gasteiger partial charge is 0.408 e. The third kappa shape index (κ3) is 5.37. The van der Waals surface area contributed by atoms with E-state index in [0.717, 1.165) is 32.6 Å². The van der Waals surface area contributed by atoms with E-state index in [1.807, 2.05) is 20.8 Å². The molecule has 0 aromatic rings. The Kier molecular flexibility index (Phi) is 5.62. The lowest BCUT2D eigenvalue weighted by Gasteiger charge is -2.37. The highest BCUT2D eigenvalue weighted by atomic mass is 16.6. The summed E-state index contributed by atoms with van der Waals surface area (Å²) in [5, 5.41) is 6.46. The van der Waals surface area contributed by atoms with Crippen LogP contribution < -0.4 is 10.6 Å². The van der Waals surface area contributed by atoms with Crippen molar-refractivity contribution in [3.63, 3.8) is 0 Å². The van der Waals surface area contributed by atoms with Gasteiger partial charge >= 0.3 is 6.09 Å². The Morgan fingerprint density at radius 2 is 1.84 bits per heavy atom. The summed E-state index contributed by atoms with van der Waals surface area (Å²) in [6, 6.07) is 0.415. The minimum Gasteiger partial charge on any atom is -0.444 e. The van der Waals surface area contributed by atoms with Crippen molar-refractivity contribution in [3.05, 3.63) is 0 Å². The molecule has 0 bridgehead atoms. The summed E-state index contributed by atoms with van der Waals surface area (Å²) in [7, 11) is 0. The molecule has 0 radical (unpaired) electrons. The first-order valence-electron chi connectivity index (χ1n) is 7.12. The highest BCUT2D eigenvalue weighted by Gasteiger charge is 2.32. The van der Waals surface area contributed by atoms with Crippen molar-refractivity contribution < 1.29 is 14.3 Å². The van der Waals surface area contributed by atoms with Gasteiger partial charge in [0.15, 0.2) is 0 Å². The molecule has 0 aliphatic carbocycles. The highest BCUT2D eigenvalue weighted by Crippen LogP contribution is 2.17. The molecule has 2 N–H and O–H groups in total. The number of rotatable bonds is 6. The summed E-state index contributed by atoms with van der Waals surface area (Å²) in [4.78, 5) is 11.9. The Balaban J connectivity index is 2.51. The molecule has 0 unspecified atom stereocenters. The van der Waals surface area contributed by atoms with Gasteiger partial charge in [-0.15, -0.1) is 0 Å². The van der Waals surface area contributed by atoms with E-state index in [-0.39, 0.29) is 11.6 Å². The van der Waals surface area contributed by atoms with Crippen LogP contribution in [-0.2, 0) is 9.47 Å². The quantitative estimate of drug-likeness (QED) is 0.777. The first-order chi connectivity index (χ1) is 8.80. The van der Waals surface area contributed by atoms with Gasteiger partial charge in [-0.05, 0) is 33.6 Å². The van der Waals surface area contributed by atoms with Gasteiger partial charge in [0.05, 0.1) is 24.8 Å². The maximum absolute atomic E-state index is 11.9. The SMILES string of the molecule is CCC(CC)(CNC1COC1)NC(=O)OC(C)(C)C. The minimum atomic E-state index is -0.466. The molecule has 1 amide bonds. The monoisotopic (exact) mass is 272 g/mol. The summed E-state index contributed by atoms with van der Waals surface area (Å²) in [5.74, 6) is 0. The van der Waals surface area contributed by atoms with Crippen LogP contribution in [0, 0.1) is 0 Å². The van der Waals surface area contributed by atoms with Crippen LogP contribution in [0.2, 0.25) is 0 Å². The Bertz CT molecular complexity index is 292. The molecule has 0 spiro atoms. The van der Waals surface area contributed by atoms with Crippen molar-refractivity contribution in [3.8, 4) is 0 Å². The van der Waals surface area contributed by atoms with Gasteiger partial charge in [-0.3, -0.25) is 0 Å². The maximum Gasteiger partial charge on any atom is 0.408 e. The van der Waals surface area contributed by atoms with E-state index in [1.165, 1.54) is 0 Å². The average molecular weight is 272 g/mol. The Labute approximate surface area is 116 Å². The normalized spacial score (nSPS) is 16.9. The van der Waals surface area contributed by atoms with Crippen molar-refractivity contribution in [2.75, 3.05) is 19.8 Å². The second kappa shape index (κ2) is 6.57. The van der Waals surface area contributed by atoms with Crippen LogP contribution in [0.5, 0.6) is 0 Å². The number of hydrogen-bond donors (Lipinski definition) is 2. The van der Waals surface area contributed by atoms with Crippen LogP contribution in [-0.4, -0.2) is 43.0 Å². The van der Waals surface area contributed by atoms with Gasteiger partial charge in [-0.1, -0.05) is 13.8 Å². The van der Waals surface area contributed by atoms with Crippen molar-refractivity contribution in [2.45, 2.75) is 64.6 Å². The summed E-state index contributed by atoms with van der Waals surface area (Å²) < 4.78 is 10.5. The molecule has 1 fully saturated rings. The molecule has 1 aliphatic heterocycles. The van der Waals surface area contributed by atoms with E-state index < -0.39 is 5.60 Å². The zero-order chi connectivity index (χ0) is 14.5. The Hall–Kier alpha value is -0.810. The highest BCUT2D eigenvalue weighted by molar-refractivity contribution is 5.68.